The van der Waals surface area contributed by atoms with E-state index in [-0.39, 0.29) is 25.0 Å². The minimum absolute atomic E-state index is 0.00146. The van der Waals surface area contributed by atoms with Crippen LogP contribution in [0.5, 0.6) is 0 Å². The summed E-state index contributed by atoms with van der Waals surface area (Å²) in [4.78, 5) is 23.5. The van der Waals surface area contributed by atoms with E-state index in [0.29, 0.717) is 12.0 Å². The molecule has 0 aliphatic heterocycles. The highest BCUT2D eigenvalue weighted by Gasteiger charge is 2.19. The fraction of sp³-hybridized carbons (Fsp3) is 0.429. The second-order valence-corrected chi connectivity index (χ2v) is 6.01. The van der Waals surface area contributed by atoms with Crippen molar-refractivity contribution < 1.29 is 14.7 Å². The molecule has 0 aliphatic rings. The molecule has 6 heteroatoms. The largest absolute Gasteiger partial charge is 0.396 e. The predicted molar refractivity (Wildman–Crippen MR) is 80.4 cm³/mol. The van der Waals surface area contributed by atoms with Crippen molar-refractivity contribution >= 4 is 27.7 Å². The van der Waals surface area contributed by atoms with E-state index in [4.69, 9.17) is 5.11 Å². The van der Waals surface area contributed by atoms with E-state index < -0.39 is 5.54 Å². The SMILES string of the molecule is CC(C)(CCO)NC(=O)CNC(=O)c1ccc(Br)cc1. The van der Waals surface area contributed by atoms with Gasteiger partial charge in [0.2, 0.25) is 5.91 Å². The van der Waals surface area contributed by atoms with Gasteiger partial charge in [0.25, 0.3) is 5.91 Å². The van der Waals surface area contributed by atoms with Crippen molar-refractivity contribution in [1.29, 1.82) is 0 Å². The van der Waals surface area contributed by atoms with E-state index in [1.807, 2.05) is 13.8 Å². The summed E-state index contributed by atoms with van der Waals surface area (Å²) in [5.74, 6) is -0.582. The average Bonchev–Trinajstić information content (AvgIpc) is 2.36. The number of benzene rings is 1. The third-order valence-electron chi connectivity index (χ3n) is 2.73. The number of aliphatic hydroxyl groups excluding tert-OH is 1. The molecule has 0 atom stereocenters. The molecule has 1 rings (SSSR count). The molecule has 0 aliphatic carbocycles. The molecular weight excluding hydrogens is 324 g/mol. The monoisotopic (exact) mass is 342 g/mol. The molecule has 0 spiro atoms. The molecule has 110 valence electrons. The third-order valence-corrected chi connectivity index (χ3v) is 3.26. The third kappa shape index (κ3) is 5.71. The molecule has 20 heavy (non-hydrogen) atoms. The Hall–Kier alpha value is -1.40. The van der Waals surface area contributed by atoms with Crippen LogP contribution in [0.25, 0.3) is 0 Å². The zero-order valence-corrected chi connectivity index (χ0v) is 13.2. The van der Waals surface area contributed by atoms with E-state index in [1.165, 1.54) is 0 Å². The van der Waals surface area contributed by atoms with Gasteiger partial charge in [0, 0.05) is 22.2 Å². The number of nitrogens with one attached hydrogen (secondary N) is 2. The van der Waals surface area contributed by atoms with Crippen LogP contribution in [0, 0.1) is 0 Å². The molecule has 0 bridgehead atoms. The number of carbonyl (C=O) groups excluding carboxylic acids is 2. The number of rotatable bonds is 6. The molecule has 0 saturated carbocycles. The summed E-state index contributed by atoms with van der Waals surface area (Å²) in [6.45, 7) is 3.54. The molecule has 0 unspecified atom stereocenters. The zero-order chi connectivity index (χ0) is 15.2. The topological polar surface area (TPSA) is 78.4 Å². The summed E-state index contributed by atoms with van der Waals surface area (Å²) >= 11 is 3.29. The Morgan fingerprint density at radius 3 is 2.40 bits per heavy atom. The van der Waals surface area contributed by atoms with Crippen molar-refractivity contribution in [2.45, 2.75) is 25.8 Å². The standard InChI is InChI=1S/C14H19BrN2O3/c1-14(2,7-8-18)17-12(19)9-16-13(20)10-3-5-11(15)6-4-10/h3-6,18H,7-9H2,1-2H3,(H,16,20)(H,17,19). The molecule has 0 heterocycles. The van der Waals surface area contributed by atoms with Crippen molar-refractivity contribution in [2.75, 3.05) is 13.2 Å². The van der Waals surface area contributed by atoms with Crippen LogP contribution in [0.2, 0.25) is 0 Å². The maximum Gasteiger partial charge on any atom is 0.251 e. The molecule has 2 amide bonds. The Labute approximate surface area is 126 Å². The molecule has 0 fully saturated rings. The van der Waals surface area contributed by atoms with Gasteiger partial charge in [-0.15, -0.1) is 0 Å². The molecule has 1 aromatic carbocycles. The summed E-state index contributed by atoms with van der Waals surface area (Å²) in [5, 5.41) is 14.2. The van der Waals surface area contributed by atoms with Gasteiger partial charge in [-0.25, -0.2) is 0 Å². The zero-order valence-electron chi connectivity index (χ0n) is 11.6. The average molecular weight is 343 g/mol. The molecule has 5 nitrogen and oxygen atoms in total. The number of hydrogen-bond acceptors (Lipinski definition) is 3. The first kappa shape index (κ1) is 16.7. The van der Waals surface area contributed by atoms with Gasteiger partial charge >= 0.3 is 0 Å². The van der Waals surface area contributed by atoms with E-state index in [0.717, 1.165) is 4.47 Å². The lowest BCUT2D eigenvalue weighted by Gasteiger charge is -2.25. The number of carbonyl (C=O) groups is 2. The molecule has 0 radical (unpaired) electrons. The van der Waals surface area contributed by atoms with E-state index >= 15 is 0 Å². The smallest absolute Gasteiger partial charge is 0.251 e. The van der Waals surface area contributed by atoms with E-state index in [1.54, 1.807) is 24.3 Å². The van der Waals surface area contributed by atoms with Gasteiger partial charge in [0.15, 0.2) is 0 Å². The molecule has 0 aromatic heterocycles. The fourth-order valence-corrected chi connectivity index (χ4v) is 1.89. The van der Waals surface area contributed by atoms with Crippen molar-refractivity contribution in [1.82, 2.24) is 10.6 Å². The number of amides is 2. The van der Waals surface area contributed by atoms with Crippen LogP contribution in [0.3, 0.4) is 0 Å². The highest BCUT2D eigenvalue weighted by atomic mass is 79.9. The molecule has 3 N–H and O–H groups in total. The summed E-state index contributed by atoms with van der Waals surface area (Å²) in [6.07, 6.45) is 0.458. The number of aliphatic hydroxyl groups is 1. The summed E-state index contributed by atoms with van der Waals surface area (Å²) in [7, 11) is 0. The second kappa shape index (κ2) is 7.40. The van der Waals surface area contributed by atoms with Gasteiger partial charge in [-0.2, -0.15) is 0 Å². The van der Waals surface area contributed by atoms with Crippen LogP contribution >= 0.6 is 15.9 Å². The van der Waals surface area contributed by atoms with Crippen molar-refractivity contribution in [3.8, 4) is 0 Å². The highest BCUT2D eigenvalue weighted by molar-refractivity contribution is 9.10. The lowest BCUT2D eigenvalue weighted by molar-refractivity contribution is -0.121. The highest BCUT2D eigenvalue weighted by Crippen LogP contribution is 2.10. The maximum absolute atomic E-state index is 11.8. The summed E-state index contributed by atoms with van der Waals surface area (Å²) in [5.41, 5.74) is 0.00405. The minimum atomic E-state index is -0.492. The summed E-state index contributed by atoms with van der Waals surface area (Å²) < 4.78 is 0.887. The molecular formula is C14H19BrN2O3. The number of hydrogen-bond donors (Lipinski definition) is 3. The Bertz CT molecular complexity index is 472. The lowest BCUT2D eigenvalue weighted by atomic mass is 10.0. The van der Waals surface area contributed by atoms with Crippen LogP contribution in [0.1, 0.15) is 30.6 Å². The lowest BCUT2D eigenvalue weighted by Crippen LogP contribution is -2.48. The molecule has 1 aromatic rings. The summed E-state index contributed by atoms with van der Waals surface area (Å²) in [6, 6.07) is 6.87. The van der Waals surface area contributed by atoms with E-state index in [9.17, 15) is 9.59 Å². The Kier molecular flexibility index (Phi) is 6.16. The van der Waals surface area contributed by atoms with Gasteiger partial charge in [-0.3, -0.25) is 9.59 Å². The first-order valence-electron chi connectivity index (χ1n) is 6.30. The van der Waals surface area contributed by atoms with Crippen LogP contribution in [0.15, 0.2) is 28.7 Å². The van der Waals surface area contributed by atoms with Crippen molar-refractivity contribution in [2.24, 2.45) is 0 Å². The van der Waals surface area contributed by atoms with Gasteiger partial charge < -0.3 is 15.7 Å². The predicted octanol–water partition coefficient (Wildman–Crippen LogP) is 1.46. The van der Waals surface area contributed by atoms with Gasteiger partial charge in [-0.05, 0) is 44.5 Å². The number of halogens is 1. The van der Waals surface area contributed by atoms with Gasteiger partial charge in [0.1, 0.15) is 0 Å². The van der Waals surface area contributed by atoms with Crippen molar-refractivity contribution in [3.63, 3.8) is 0 Å². The van der Waals surface area contributed by atoms with Crippen molar-refractivity contribution in [3.05, 3.63) is 34.3 Å². The normalized spacial score (nSPS) is 11.0. The fourth-order valence-electron chi connectivity index (χ4n) is 1.63. The quantitative estimate of drug-likeness (QED) is 0.732. The van der Waals surface area contributed by atoms with Crippen LogP contribution in [-0.4, -0.2) is 35.6 Å². The molecule has 0 saturated heterocycles. The Morgan fingerprint density at radius 1 is 1.25 bits per heavy atom. The second-order valence-electron chi connectivity index (χ2n) is 5.10. The maximum atomic E-state index is 11.8. The van der Waals surface area contributed by atoms with Gasteiger partial charge in [-0.1, -0.05) is 15.9 Å². The van der Waals surface area contributed by atoms with E-state index in [2.05, 4.69) is 26.6 Å². The minimum Gasteiger partial charge on any atom is -0.396 e. The van der Waals surface area contributed by atoms with Crippen LogP contribution < -0.4 is 10.6 Å². The first-order valence-corrected chi connectivity index (χ1v) is 7.09. The van der Waals surface area contributed by atoms with Crippen LogP contribution in [-0.2, 0) is 4.79 Å². The van der Waals surface area contributed by atoms with Gasteiger partial charge in [0.05, 0.1) is 6.54 Å². The first-order chi connectivity index (χ1) is 9.34. The Balaban J connectivity index is 2.45. The Morgan fingerprint density at radius 2 is 1.85 bits per heavy atom. The van der Waals surface area contributed by atoms with Crippen LogP contribution in [0.4, 0.5) is 0 Å².